The molecule has 2 aromatic carbocycles. The maximum atomic E-state index is 12.9. The Morgan fingerprint density at radius 2 is 1.71 bits per heavy atom. The van der Waals surface area contributed by atoms with Crippen molar-refractivity contribution in [2.45, 2.75) is 9.99 Å². The second-order valence-corrected chi connectivity index (χ2v) is 8.51. The SMILES string of the molecule is N#C/C(=C/c1ccc(Sc2ccc(Cl)cc2)o1)C(=O)N1CCN(c2ccccc2)CC1. The van der Waals surface area contributed by atoms with Crippen LogP contribution in [-0.4, -0.2) is 37.0 Å². The van der Waals surface area contributed by atoms with Crippen LogP contribution in [0.25, 0.3) is 6.08 Å². The number of rotatable bonds is 5. The minimum absolute atomic E-state index is 0.0746. The van der Waals surface area contributed by atoms with Gasteiger partial charge in [0, 0.05) is 47.9 Å². The predicted molar refractivity (Wildman–Crippen MR) is 123 cm³/mol. The number of piperazine rings is 1. The zero-order chi connectivity index (χ0) is 21.6. The van der Waals surface area contributed by atoms with Gasteiger partial charge in [0.05, 0.1) is 0 Å². The molecule has 156 valence electrons. The van der Waals surface area contributed by atoms with Gasteiger partial charge < -0.3 is 14.2 Å². The highest BCUT2D eigenvalue weighted by Gasteiger charge is 2.24. The van der Waals surface area contributed by atoms with Gasteiger partial charge >= 0.3 is 0 Å². The summed E-state index contributed by atoms with van der Waals surface area (Å²) in [4.78, 5) is 17.8. The van der Waals surface area contributed by atoms with Crippen LogP contribution < -0.4 is 4.90 Å². The molecule has 2 heterocycles. The number of hydrogen-bond acceptors (Lipinski definition) is 5. The van der Waals surface area contributed by atoms with Crippen LogP contribution >= 0.6 is 23.4 Å². The molecule has 0 radical (unpaired) electrons. The molecule has 0 bridgehead atoms. The molecule has 0 spiro atoms. The number of halogens is 1. The molecule has 1 aliphatic heterocycles. The molecule has 0 saturated carbocycles. The first-order valence-electron chi connectivity index (χ1n) is 9.87. The maximum absolute atomic E-state index is 12.9. The smallest absolute Gasteiger partial charge is 0.264 e. The molecular weight excluding hydrogens is 430 g/mol. The number of hydrogen-bond donors (Lipinski definition) is 0. The molecule has 1 amide bonds. The number of amides is 1. The number of nitrogens with zero attached hydrogens (tertiary/aromatic N) is 3. The second-order valence-electron chi connectivity index (χ2n) is 7.00. The molecule has 5 nitrogen and oxygen atoms in total. The number of anilines is 1. The van der Waals surface area contributed by atoms with E-state index in [0.29, 0.717) is 29.0 Å². The summed E-state index contributed by atoms with van der Waals surface area (Å²) in [5.74, 6) is 0.211. The molecular formula is C24H20ClN3O2S. The molecule has 31 heavy (non-hydrogen) atoms. The number of benzene rings is 2. The van der Waals surface area contributed by atoms with Gasteiger partial charge in [0.2, 0.25) is 0 Å². The number of furan rings is 1. The highest BCUT2D eigenvalue weighted by molar-refractivity contribution is 7.99. The van der Waals surface area contributed by atoms with Crippen molar-refractivity contribution in [2.75, 3.05) is 31.1 Å². The lowest BCUT2D eigenvalue weighted by atomic mass is 10.2. The van der Waals surface area contributed by atoms with Gasteiger partial charge in [-0.2, -0.15) is 5.26 Å². The fraction of sp³-hybridized carbons (Fsp3) is 0.167. The Hall–Kier alpha value is -3.14. The molecule has 0 N–H and O–H groups in total. The largest absolute Gasteiger partial charge is 0.450 e. The fourth-order valence-electron chi connectivity index (χ4n) is 3.35. The Kier molecular flexibility index (Phi) is 6.66. The molecule has 0 aliphatic carbocycles. The minimum atomic E-state index is -0.265. The standard InChI is InChI=1S/C24H20ClN3O2S/c25-19-6-9-22(10-7-19)31-23-11-8-21(30-23)16-18(17-26)24(29)28-14-12-27(13-15-28)20-4-2-1-3-5-20/h1-11,16H,12-15H2/b18-16-. The van der Waals surface area contributed by atoms with Gasteiger partial charge in [0.1, 0.15) is 17.4 Å². The average Bonchev–Trinajstić information content (AvgIpc) is 3.26. The molecule has 1 saturated heterocycles. The van der Waals surface area contributed by atoms with Crippen LogP contribution in [0.3, 0.4) is 0 Å². The van der Waals surface area contributed by atoms with Gasteiger partial charge in [0.15, 0.2) is 5.09 Å². The molecule has 4 rings (SSSR count). The zero-order valence-corrected chi connectivity index (χ0v) is 18.3. The van der Waals surface area contributed by atoms with Crippen molar-refractivity contribution >= 4 is 41.0 Å². The number of carbonyl (C=O) groups excluding carboxylic acids is 1. The van der Waals surface area contributed by atoms with Crippen molar-refractivity contribution in [3.8, 4) is 6.07 Å². The number of carbonyl (C=O) groups is 1. The Bertz CT molecular complexity index is 1110. The quantitative estimate of drug-likeness (QED) is 0.388. The topological polar surface area (TPSA) is 60.5 Å². The second kappa shape index (κ2) is 9.78. The van der Waals surface area contributed by atoms with E-state index in [0.717, 1.165) is 23.7 Å². The van der Waals surface area contributed by atoms with E-state index in [2.05, 4.69) is 17.0 Å². The van der Waals surface area contributed by atoms with E-state index in [9.17, 15) is 10.1 Å². The van der Waals surface area contributed by atoms with Gasteiger partial charge in [0.25, 0.3) is 5.91 Å². The lowest BCUT2D eigenvalue weighted by Crippen LogP contribution is -2.49. The molecule has 1 aromatic heterocycles. The first-order chi connectivity index (χ1) is 15.1. The van der Waals surface area contributed by atoms with E-state index in [1.807, 2.05) is 54.6 Å². The van der Waals surface area contributed by atoms with Crippen LogP contribution in [0.15, 0.2) is 86.7 Å². The minimum Gasteiger partial charge on any atom is -0.450 e. The van der Waals surface area contributed by atoms with Crippen molar-refractivity contribution in [3.63, 3.8) is 0 Å². The van der Waals surface area contributed by atoms with Gasteiger partial charge in [-0.15, -0.1) is 0 Å². The van der Waals surface area contributed by atoms with E-state index in [-0.39, 0.29) is 11.5 Å². The van der Waals surface area contributed by atoms with Gasteiger partial charge in [-0.25, -0.2) is 0 Å². The van der Waals surface area contributed by atoms with E-state index in [1.54, 1.807) is 11.0 Å². The first-order valence-corrected chi connectivity index (χ1v) is 11.1. The first kappa shape index (κ1) is 21.1. The van der Waals surface area contributed by atoms with Crippen LogP contribution in [-0.2, 0) is 4.79 Å². The van der Waals surface area contributed by atoms with E-state index >= 15 is 0 Å². The lowest BCUT2D eigenvalue weighted by Gasteiger charge is -2.36. The summed E-state index contributed by atoms with van der Waals surface area (Å²) >= 11 is 7.36. The molecule has 0 atom stereocenters. The molecule has 1 fully saturated rings. The van der Waals surface area contributed by atoms with E-state index < -0.39 is 0 Å². The van der Waals surface area contributed by atoms with Crippen molar-refractivity contribution in [1.29, 1.82) is 5.26 Å². The maximum Gasteiger partial charge on any atom is 0.264 e. The van der Waals surface area contributed by atoms with Gasteiger partial charge in [-0.1, -0.05) is 41.6 Å². The normalized spacial score (nSPS) is 14.4. The number of nitriles is 1. The summed E-state index contributed by atoms with van der Waals surface area (Å²) in [5, 5.41) is 10.9. The summed E-state index contributed by atoms with van der Waals surface area (Å²) in [6.45, 7) is 2.61. The van der Waals surface area contributed by atoms with Crippen LogP contribution in [0.1, 0.15) is 5.76 Å². The average molecular weight is 450 g/mol. The summed E-state index contributed by atoms with van der Waals surface area (Å²) in [6, 6.07) is 23.2. The van der Waals surface area contributed by atoms with Crippen molar-refractivity contribution < 1.29 is 9.21 Å². The summed E-state index contributed by atoms with van der Waals surface area (Å²) < 4.78 is 5.79. The Labute approximate surface area is 190 Å². The van der Waals surface area contributed by atoms with Crippen molar-refractivity contribution in [2.24, 2.45) is 0 Å². The van der Waals surface area contributed by atoms with Crippen LogP contribution in [0.5, 0.6) is 0 Å². The third kappa shape index (κ3) is 5.32. The molecule has 1 aliphatic rings. The summed E-state index contributed by atoms with van der Waals surface area (Å²) in [5.41, 5.74) is 1.22. The zero-order valence-electron chi connectivity index (χ0n) is 16.7. The van der Waals surface area contributed by atoms with E-state index in [4.69, 9.17) is 16.0 Å². The van der Waals surface area contributed by atoms with Crippen molar-refractivity contribution in [1.82, 2.24) is 4.90 Å². The molecule has 3 aromatic rings. The number of para-hydroxylation sites is 1. The third-order valence-electron chi connectivity index (χ3n) is 4.96. The Morgan fingerprint density at radius 1 is 1.00 bits per heavy atom. The monoisotopic (exact) mass is 449 g/mol. The summed E-state index contributed by atoms with van der Waals surface area (Å²) in [6.07, 6.45) is 1.51. The Balaban J connectivity index is 1.39. The summed E-state index contributed by atoms with van der Waals surface area (Å²) in [7, 11) is 0. The van der Waals surface area contributed by atoms with Crippen molar-refractivity contribution in [3.05, 3.63) is 83.1 Å². The lowest BCUT2D eigenvalue weighted by molar-refractivity contribution is -0.126. The van der Waals surface area contributed by atoms with Gasteiger partial charge in [-0.05, 0) is 48.5 Å². The van der Waals surface area contributed by atoms with Crippen LogP contribution in [0, 0.1) is 11.3 Å². The molecule has 0 unspecified atom stereocenters. The van der Waals surface area contributed by atoms with Crippen LogP contribution in [0.4, 0.5) is 5.69 Å². The van der Waals surface area contributed by atoms with Crippen LogP contribution in [0.2, 0.25) is 5.02 Å². The fourth-order valence-corrected chi connectivity index (χ4v) is 4.25. The third-order valence-corrected chi connectivity index (χ3v) is 6.14. The highest BCUT2D eigenvalue weighted by atomic mass is 35.5. The van der Waals surface area contributed by atoms with E-state index in [1.165, 1.54) is 17.8 Å². The van der Waals surface area contributed by atoms with Gasteiger partial charge in [-0.3, -0.25) is 4.79 Å². The highest BCUT2D eigenvalue weighted by Crippen LogP contribution is 2.30. The Morgan fingerprint density at radius 3 is 2.39 bits per heavy atom. The predicted octanol–water partition coefficient (Wildman–Crippen LogP) is 5.34. The molecule has 7 heteroatoms.